The van der Waals surface area contributed by atoms with Crippen molar-refractivity contribution in [1.29, 1.82) is 0 Å². The van der Waals surface area contributed by atoms with E-state index in [9.17, 15) is 8.42 Å². The molecule has 1 atom stereocenters. The minimum Gasteiger partial charge on any atom is -0.329 e. The molecule has 17 heavy (non-hydrogen) atoms. The first-order chi connectivity index (χ1) is 8.12. The summed E-state index contributed by atoms with van der Waals surface area (Å²) in [7, 11) is -2.75. The van der Waals surface area contributed by atoms with Gasteiger partial charge in [0, 0.05) is 12.6 Å². The first kappa shape index (κ1) is 13.3. The van der Waals surface area contributed by atoms with Gasteiger partial charge >= 0.3 is 0 Å². The number of sulfone groups is 1. The van der Waals surface area contributed by atoms with Crippen molar-refractivity contribution in [2.24, 2.45) is 11.7 Å². The van der Waals surface area contributed by atoms with E-state index in [2.05, 4.69) is 4.90 Å². The molecule has 0 spiro atoms. The van der Waals surface area contributed by atoms with Crippen molar-refractivity contribution < 1.29 is 8.42 Å². The van der Waals surface area contributed by atoms with Crippen LogP contribution < -0.4 is 5.73 Å². The summed E-state index contributed by atoms with van der Waals surface area (Å²) in [4.78, 5) is 2.49. The molecule has 0 aromatic heterocycles. The lowest BCUT2D eigenvalue weighted by Crippen LogP contribution is -2.49. The number of nitrogens with two attached hydrogens (primary N) is 1. The molecule has 2 aliphatic rings. The SMILES string of the molecule is NCC(C1CCS(=O)(=O)CC1)N1CCCCC1. The Kier molecular flexibility index (Phi) is 4.44. The Morgan fingerprint density at radius 1 is 1.12 bits per heavy atom. The minimum atomic E-state index is -2.75. The minimum absolute atomic E-state index is 0.363. The molecule has 0 aliphatic carbocycles. The molecule has 5 heteroatoms. The van der Waals surface area contributed by atoms with E-state index in [4.69, 9.17) is 5.73 Å². The van der Waals surface area contributed by atoms with Gasteiger partial charge in [-0.1, -0.05) is 6.42 Å². The predicted molar refractivity (Wildman–Crippen MR) is 69.6 cm³/mol. The largest absolute Gasteiger partial charge is 0.329 e. The maximum Gasteiger partial charge on any atom is 0.150 e. The van der Waals surface area contributed by atoms with Crippen LogP contribution in [0.2, 0.25) is 0 Å². The van der Waals surface area contributed by atoms with Crippen LogP contribution in [0.1, 0.15) is 32.1 Å². The van der Waals surface area contributed by atoms with Crippen LogP contribution in [0.5, 0.6) is 0 Å². The Morgan fingerprint density at radius 2 is 1.71 bits per heavy atom. The van der Waals surface area contributed by atoms with Crippen LogP contribution in [0.3, 0.4) is 0 Å². The Hall–Kier alpha value is -0.130. The molecule has 2 N–H and O–H groups in total. The molecular formula is C12H24N2O2S. The highest BCUT2D eigenvalue weighted by Gasteiger charge is 2.32. The van der Waals surface area contributed by atoms with Crippen LogP contribution in [-0.2, 0) is 9.84 Å². The molecule has 1 unspecified atom stereocenters. The Morgan fingerprint density at radius 3 is 2.24 bits per heavy atom. The zero-order valence-corrected chi connectivity index (χ0v) is 11.3. The van der Waals surface area contributed by atoms with Crippen LogP contribution in [0.15, 0.2) is 0 Å². The second kappa shape index (κ2) is 5.67. The fraction of sp³-hybridized carbons (Fsp3) is 1.00. The average Bonchev–Trinajstić information content (AvgIpc) is 2.33. The third kappa shape index (κ3) is 3.42. The molecule has 4 nitrogen and oxygen atoms in total. The molecule has 2 heterocycles. The molecular weight excluding hydrogens is 236 g/mol. The van der Waals surface area contributed by atoms with Crippen molar-refractivity contribution >= 4 is 9.84 Å². The molecule has 2 fully saturated rings. The van der Waals surface area contributed by atoms with Crippen molar-refractivity contribution in [2.45, 2.75) is 38.1 Å². The molecule has 0 amide bonds. The fourth-order valence-electron chi connectivity index (χ4n) is 3.18. The molecule has 2 aliphatic heterocycles. The third-order valence-corrected chi connectivity index (χ3v) is 5.96. The number of nitrogens with zero attached hydrogens (tertiary/aromatic N) is 1. The van der Waals surface area contributed by atoms with E-state index in [0.717, 1.165) is 25.9 Å². The van der Waals surface area contributed by atoms with Crippen molar-refractivity contribution in [3.63, 3.8) is 0 Å². The van der Waals surface area contributed by atoms with E-state index in [0.29, 0.717) is 30.0 Å². The van der Waals surface area contributed by atoms with E-state index >= 15 is 0 Å². The first-order valence-electron chi connectivity index (χ1n) is 6.77. The van der Waals surface area contributed by atoms with Crippen molar-refractivity contribution in [2.75, 3.05) is 31.1 Å². The maximum absolute atomic E-state index is 11.4. The Labute approximate surface area is 104 Å². The highest BCUT2D eigenvalue weighted by atomic mass is 32.2. The highest BCUT2D eigenvalue weighted by Crippen LogP contribution is 2.26. The Balaban J connectivity index is 1.94. The van der Waals surface area contributed by atoms with Crippen LogP contribution in [0.4, 0.5) is 0 Å². The topological polar surface area (TPSA) is 63.4 Å². The third-order valence-electron chi connectivity index (χ3n) is 4.24. The smallest absolute Gasteiger partial charge is 0.150 e. The summed E-state index contributed by atoms with van der Waals surface area (Å²) >= 11 is 0. The lowest BCUT2D eigenvalue weighted by molar-refractivity contribution is 0.115. The molecule has 0 bridgehead atoms. The van der Waals surface area contributed by atoms with Gasteiger partial charge in [-0.3, -0.25) is 4.90 Å². The van der Waals surface area contributed by atoms with Gasteiger partial charge in [0.1, 0.15) is 9.84 Å². The second-order valence-corrected chi connectivity index (χ2v) is 7.69. The zero-order chi connectivity index (χ0) is 12.3. The quantitative estimate of drug-likeness (QED) is 0.808. The van der Waals surface area contributed by atoms with Crippen LogP contribution in [0, 0.1) is 5.92 Å². The molecule has 0 radical (unpaired) electrons. The monoisotopic (exact) mass is 260 g/mol. The standard InChI is InChI=1S/C12H24N2O2S/c13-10-12(14-6-2-1-3-7-14)11-4-8-17(15,16)9-5-11/h11-12H,1-10,13H2. The van der Waals surface area contributed by atoms with E-state index in [1.165, 1.54) is 19.3 Å². The van der Waals surface area contributed by atoms with Gasteiger partial charge in [0.2, 0.25) is 0 Å². The lowest BCUT2D eigenvalue weighted by atomic mass is 9.91. The zero-order valence-electron chi connectivity index (χ0n) is 10.5. The normalized spacial score (nSPS) is 29.0. The number of rotatable bonds is 3. The summed E-state index contributed by atoms with van der Waals surface area (Å²) in [6.45, 7) is 2.96. The second-order valence-electron chi connectivity index (χ2n) is 5.39. The summed E-state index contributed by atoms with van der Waals surface area (Å²) < 4.78 is 22.9. The highest BCUT2D eigenvalue weighted by molar-refractivity contribution is 7.91. The summed E-state index contributed by atoms with van der Waals surface area (Å²) in [5, 5.41) is 0. The summed E-state index contributed by atoms with van der Waals surface area (Å²) in [6.07, 6.45) is 5.47. The van der Waals surface area contributed by atoms with E-state index in [1.807, 2.05) is 0 Å². The van der Waals surface area contributed by atoms with Gasteiger partial charge in [0.15, 0.2) is 0 Å². The molecule has 0 saturated carbocycles. The molecule has 100 valence electrons. The van der Waals surface area contributed by atoms with Crippen LogP contribution in [0.25, 0.3) is 0 Å². The molecule has 2 saturated heterocycles. The van der Waals surface area contributed by atoms with Crippen molar-refractivity contribution in [1.82, 2.24) is 4.90 Å². The van der Waals surface area contributed by atoms with Gasteiger partial charge in [0.25, 0.3) is 0 Å². The number of hydrogen-bond acceptors (Lipinski definition) is 4. The molecule has 0 aromatic rings. The fourth-order valence-corrected chi connectivity index (χ4v) is 4.71. The first-order valence-corrected chi connectivity index (χ1v) is 8.59. The van der Waals surface area contributed by atoms with Gasteiger partial charge < -0.3 is 5.73 Å². The van der Waals surface area contributed by atoms with Gasteiger partial charge in [-0.2, -0.15) is 0 Å². The van der Waals surface area contributed by atoms with Crippen LogP contribution >= 0.6 is 0 Å². The summed E-state index contributed by atoms with van der Waals surface area (Å²) in [5.41, 5.74) is 5.91. The van der Waals surface area contributed by atoms with Gasteiger partial charge in [-0.15, -0.1) is 0 Å². The summed E-state index contributed by atoms with van der Waals surface area (Å²) in [5.74, 6) is 1.21. The number of piperidine rings is 1. The van der Waals surface area contributed by atoms with Crippen molar-refractivity contribution in [3.8, 4) is 0 Å². The average molecular weight is 260 g/mol. The lowest BCUT2D eigenvalue weighted by Gasteiger charge is -2.40. The molecule has 2 rings (SSSR count). The Bertz CT molecular complexity index is 322. The number of likely N-dealkylation sites (tertiary alicyclic amines) is 1. The summed E-state index contributed by atoms with van der Waals surface area (Å²) in [6, 6.07) is 0.408. The van der Waals surface area contributed by atoms with Gasteiger partial charge in [0.05, 0.1) is 11.5 Å². The predicted octanol–water partition coefficient (Wildman–Crippen LogP) is 0.624. The van der Waals surface area contributed by atoms with Gasteiger partial charge in [-0.25, -0.2) is 8.42 Å². The van der Waals surface area contributed by atoms with E-state index in [-0.39, 0.29) is 0 Å². The maximum atomic E-state index is 11.4. The van der Waals surface area contributed by atoms with E-state index in [1.54, 1.807) is 0 Å². The van der Waals surface area contributed by atoms with E-state index < -0.39 is 9.84 Å². The number of hydrogen-bond donors (Lipinski definition) is 1. The van der Waals surface area contributed by atoms with Gasteiger partial charge in [-0.05, 0) is 44.7 Å². The molecule has 0 aromatic carbocycles. The van der Waals surface area contributed by atoms with Crippen LogP contribution in [-0.4, -0.2) is 50.5 Å². The van der Waals surface area contributed by atoms with Crippen molar-refractivity contribution in [3.05, 3.63) is 0 Å².